The molecular weight excluding hydrogens is 214 g/mol. The monoisotopic (exact) mass is 240 g/mol. The molecule has 0 aromatic carbocycles. The highest BCUT2D eigenvalue weighted by Crippen LogP contribution is 2.11. The van der Waals surface area contributed by atoms with Gasteiger partial charge in [0.05, 0.1) is 0 Å². The zero-order chi connectivity index (χ0) is 12.8. The predicted octanol–water partition coefficient (Wildman–Crippen LogP) is 3.26. The Morgan fingerprint density at radius 1 is 0.765 bits per heavy atom. The standard InChI is InChI=1S/C14H26NO2/c15-14(17)12-10-8-6-4-2-1-3-5-7-9-11-13-16/h1-12H2,(H2,15,17). The van der Waals surface area contributed by atoms with Gasteiger partial charge in [0.15, 0.2) is 6.29 Å². The van der Waals surface area contributed by atoms with Gasteiger partial charge in [0.1, 0.15) is 0 Å². The maximum absolute atomic E-state index is 10.5. The van der Waals surface area contributed by atoms with E-state index in [1.807, 2.05) is 6.29 Å². The zero-order valence-electron chi connectivity index (χ0n) is 10.9. The van der Waals surface area contributed by atoms with Crippen LogP contribution in [0, 0.1) is 0 Å². The highest BCUT2D eigenvalue weighted by molar-refractivity contribution is 5.73. The first-order valence-corrected chi connectivity index (χ1v) is 6.90. The molecule has 0 unspecified atom stereocenters. The number of hydrogen-bond acceptors (Lipinski definition) is 2. The number of rotatable bonds is 13. The van der Waals surface area contributed by atoms with E-state index in [4.69, 9.17) is 5.73 Å². The summed E-state index contributed by atoms with van der Waals surface area (Å²) in [6.45, 7) is 0. The molecule has 1 amide bonds. The van der Waals surface area contributed by atoms with Crippen LogP contribution in [0.5, 0.6) is 0 Å². The van der Waals surface area contributed by atoms with Gasteiger partial charge in [0.25, 0.3) is 0 Å². The molecule has 0 spiro atoms. The van der Waals surface area contributed by atoms with Gasteiger partial charge in [-0.25, -0.2) is 0 Å². The lowest BCUT2D eigenvalue weighted by atomic mass is 10.1. The Morgan fingerprint density at radius 2 is 1.18 bits per heavy atom. The van der Waals surface area contributed by atoms with Gasteiger partial charge >= 0.3 is 0 Å². The first-order valence-electron chi connectivity index (χ1n) is 6.90. The van der Waals surface area contributed by atoms with Crippen LogP contribution < -0.4 is 5.73 Å². The van der Waals surface area contributed by atoms with Crippen molar-refractivity contribution in [1.29, 1.82) is 0 Å². The lowest BCUT2D eigenvalue weighted by molar-refractivity contribution is -0.118. The minimum atomic E-state index is -0.183. The lowest BCUT2D eigenvalue weighted by Gasteiger charge is -2.01. The third-order valence-electron chi connectivity index (χ3n) is 2.95. The Bertz CT molecular complexity index is 193. The molecule has 1 radical (unpaired) electrons. The van der Waals surface area contributed by atoms with E-state index >= 15 is 0 Å². The van der Waals surface area contributed by atoms with Crippen LogP contribution in [-0.4, -0.2) is 12.2 Å². The minimum absolute atomic E-state index is 0.183. The SMILES string of the molecule is NC(=O)CCCCCCCCCCCC[C]=O. The summed E-state index contributed by atoms with van der Waals surface area (Å²) in [5.74, 6) is -0.183. The second kappa shape index (κ2) is 13.2. The Morgan fingerprint density at radius 3 is 1.59 bits per heavy atom. The second-order valence-electron chi connectivity index (χ2n) is 4.65. The quantitative estimate of drug-likeness (QED) is 0.502. The Hall–Kier alpha value is -0.860. The van der Waals surface area contributed by atoms with E-state index in [0.29, 0.717) is 12.8 Å². The molecule has 0 saturated carbocycles. The number of hydrogen-bond donors (Lipinski definition) is 1. The van der Waals surface area contributed by atoms with Crippen LogP contribution in [0.4, 0.5) is 0 Å². The third kappa shape index (κ3) is 15.1. The van der Waals surface area contributed by atoms with Crippen LogP contribution in [-0.2, 0) is 9.59 Å². The summed E-state index contributed by atoms with van der Waals surface area (Å²) in [5.41, 5.74) is 5.06. The molecule has 0 bridgehead atoms. The molecule has 0 rings (SSSR count). The number of unbranched alkanes of at least 4 members (excludes halogenated alkanes) is 10. The van der Waals surface area contributed by atoms with E-state index in [1.54, 1.807) is 0 Å². The van der Waals surface area contributed by atoms with Crippen molar-refractivity contribution in [3.05, 3.63) is 0 Å². The third-order valence-corrected chi connectivity index (χ3v) is 2.95. The Labute approximate surface area is 105 Å². The van der Waals surface area contributed by atoms with E-state index in [2.05, 4.69) is 0 Å². The van der Waals surface area contributed by atoms with Crippen molar-refractivity contribution in [2.45, 2.75) is 77.0 Å². The highest BCUT2D eigenvalue weighted by Gasteiger charge is 1.95. The summed E-state index contributed by atoms with van der Waals surface area (Å²) in [5, 5.41) is 0. The maximum atomic E-state index is 10.5. The molecule has 0 aromatic rings. The van der Waals surface area contributed by atoms with E-state index in [1.165, 1.54) is 38.5 Å². The number of primary amides is 1. The summed E-state index contributed by atoms with van der Waals surface area (Å²) < 4.78 is 0. The maximum Gasteiger partial charge on any atom is 0.217 e. The number of carbonyl (C=O) groups is 1. The van der Waals surface area contributed by atoms with Crippen LogP contribution >= 0.6 is 0 Å². The van der Waals surface area contributed by atoms with Crippen LogP contribution in [0.25, 0.3) is 0 Å². The van der Waals surface area contributed by atoms with E-state index in [9.17, 15) is 9.59 Å². The van der Waals surface area contributed by atoms with Gasteiger partial charge < -0.3 is 5.73 Å². The molecule has 0 heterocycles. The highest BCUT2D eigenvalue weighted by atomic mass is 16.1. The van der Waals surface area contributed by atoms with Crippen LogP contribution in [0.15, 0.2) is 0 Å². The molecule has 0 aliphatic heterocycles. The van der Waals surface area contributed by atoms with Crippen molar-refractivity contribution in [1.82, 2.24) is 0 Å². The molecule has 0 atom stereocenters. The molecular formula is C14H26NO2. The van der Waals surface area contributed by atoms with Crippen LogP contribution in [0.3, 0.4) is 0 Å². The van der Waals surface area contributed by atoms with Gasteiger partial charge in [0.2, 0.25) is 5.91 Å². The predicted molar refractivity (Wildman–Crippen MR) is 70.3 cm³/mol. The summed E-state index contributed by atoms with van der Waals surface area (Å²) in [6, 6.07) is 0. The average Bonchev–Trinajstić information content (AvgIpc) is 2.30. The largest absolute Gasteiger partial charge is 0.370 e. The molecule has 0 aromatic heterocycles. The topological polar surface area (TPSA) is 60.2 Å². The molecule has 0 saturated heterocycles. The van der Waals surface area contributed by atoms with Gasteiger partial charge in [-0.05, 0) is 12.8 Å². The van der Waals surface area contributed by atoms with Gasteiger partial charge in [-0.15, -0.1) is 0 Å². The molecule has 99 valence electrons. The molecule has 3 nitrogen and oxygen atoms in total. The summed E-state index contributed by atoms with van der Waals surface area (Å²) >= 11 is 0. The van der Waals surface area contributed by atoms with Gasteiger partial charge in [-0.1, -0.05) is 51.4 Å². The van der Waals surface area contributed by atoms with E-state index in [-0.39, 0.29) is 5.91 Å². The van der Waals surface area contributed by atoms with Gasteiger partial charge in [0, 0.05) is 12.8 Å². The van der Waals surface area contributed by atoms with Crippen molar-refractivity contribution < 1.29 is 9.59 Å². The van der Waals surface area contributed by atoms with Crippen LogP contribution in [0.1, 0.15) is 77.0 Å². The summed E-state index contributed by atoms with van der Waals surface area (Å²) in [4.78, 5) is 20.4. The van der Waals surface area contributed by atoms with E-state index in [0.717, 1.165) is 25.7 Å². The molecule has 0 aliphatic carbocycles. The van der Waals surface area contributed by atoms with Gasteiger partial charge in [-0.3, -0.25) is 9.59 Å². The number of carbonyl (C=O) groups excluding carboxylic acids is 2. The van der Waals surface area contributed by atoms with Crippen molar-refractivity contribution in [2.24, 2.45) is 5.73 Å². The first kappa shape index (κ1) is 16.1. The summed E-state index contributed by atoms with van der Waals surface area (Å²) in [7, 11) is 0. The average molecular weight is 240 g/mol. The molecule has 2 N–H and O–H groups in total. The zero-order valence-corrected chi connectivity index (χ0v) is 10.9. The molecule has 0 aliphatic rings. The smallest absolute Gasteiger partial charge is 0.217 e. The molecule has 17 heavy (non-hydrogen) atoms. The van der Waals surface area contributed by atoms with Gasteiger partial charge in [-0.2, -0.15) is 0 Å². The number of amides is 1. The Balaban J connectivity index is 2.94. The van der Waals surface area contributed by atoms with Crippen molar-refractivity contribution in [2.75, 3.05) is 0 Å². The van der Waals surface area contributed by atoms with Crippen LogP contribution in [0.2, 0.25) is 0 Å². The minimum Gasteiger partial charge on any atom is -0.370 e. The van der Waals surface area contributed by atoms with Crippen molar-refractivity contribution in [3.8, 4) is 0 Å². The fourth-order valence-electron chi connectivity index (χ4n) is 1.91. The first-order chi connectivity index (χ1) is 8.27. The summed E-state index contributed by atoms with van der Waals surface area (Å²) in [6.07, 6.45) is 14.9. The van der Waals surface area contributed by atoms with Crippen molar-refractivity contribution in [3.63, 3.8) is 0 Å². The molecule has 0 fully saturated rings. The van der Waals surface area contributed by atoms with Crippen molar-refractivity contribution >= 4 is 12.2 Å². The fraction of sp³-hybridized carbons (Fsp3) is 0.857. The van der Waals surface area contributed by atoms with E-state index < -0.39 is 0 Å². The molecule has 3 heteroatoms. The lowest BCUT2D eigenvalue weighted by Crippen LogP contribution is -2.09. The normalized spacial score (nSPS) is 10.4. The second-order valence-corrected chi connectivity index (χ2v) is 4.65. The Kier molecular flexibility index (Phi) is 12.5. The fourth-order valence-corrected chi connectivity index (χ4v) is 1.91. The number of nitrogens with two attached hydrogens (primary N) is 1.